The summed E-state index contributed by atoms with van der Waals surface area (Å²) in [4.78, 5) is 8.40. The van der Waals surface area contributed by atoms with Crippen LogP contribution in [0.1, 0.15) is 18.2 Å². The van der Waals surface area contributed by atoms with E-state index < -0.39 is 6.10 Å². The van der Waals surface area contributed by atoms with E-state index in [9.17, 15) is 5.11 Å². The predicted molar refractivity (Wildman–Crippen MR) is 76.0 cm³/mol. The summed E-state index contributed by atoms with van der Waals surface area (Å²) in [6.45, 7) is 3.84. The summed E-state index contributed by atoms with van der Waals surface area (Å²) in [5.41, 5.74) is 2.02. The quantitative estimate of drug-likeness (QED) is 0.862. The molecule has 0 aliphatic rings. The lowest BCUT2D eigenvalue weighted by Crippen LogP contribution is -2.33. The number of aliphatic hydroxyl groups is 1. The summed E-state index contributed by atoms with van der Waals surface area (Å²) in [5.74, 6) is 0.555. The average Bonchev–Trinajstić information content (AvgIpc) is 2.40. The van der Waals surface area contributed by atoms with Crippen LogP contribution >= 0.6 is 0 Å². The molecular formula is C15H19N3O. The fraction of sp³-hybridized carbons (Fsp3) is 0.333. The highest BCUT2D eigenvalue weighted by atomic mass is 16.3. The Balaban J connectivity index is 1.94. The molecule has 1 aromatic carbocycles. The molecule has 2 aromatic rings. The molecule has 0 bridgehead atoms. The van der Waals surface area contributed by atoms with E-state index in [-0.39, 0.29) is 6.04 Å². The predicted octanol–water partition coefficient (Wildman–Crippen LogP) is 2.19. The summed E-state index contributed by atoms with van der Waals surface area (Å²) in [7, 11) is 0. The van der Waals surface area contributed by atoms with Crippen molar-refractivity contribution in [1.29, 1.82) is 0 Å². The molecule has 1 heterocycles. The Morgan fingerprint density at radius 1 is 1.21 bits per heavy atom. The lowest BCUT2D eigenvalue weighted by molar-refractivity contribution is 0.158. The van der Waals surface area contributed by atoms with Gasteiger partial charge in [-0.15, -0.1) is 0 Å². The molecule has 0 saturated carbocycles. The van der Waals surface area contributed by atoms with E-state index in [1.54, 1.807) is 6.20 Å². The van der Waals surface area contributed by atoms with Crippen LogP contribution in [-0.4, -0.2) is 27.2 Å². The van der Waals surface area contributed by atoms with Gasteiger partial charge in [-0.1, -0.05) is 30.3 Å². The van der Waals surface area contributed by atoms with Gasteiger partial charge in [0.05, 0.1) is 12.1 Å². The van der Waals surface area contributed by atoms with Gasteiger partial charge >= 0.3 is 0 Å². The number of hydrogen-bond acceptors (Lipinski definition) is 4. The maximum atomic E-state index is 10.2. The Morgan fingerprint density at radius 3 is 2.63 bits per heavy atom. The van der Waals surface area contributed by atoms with Gasteiger partial charge in [-0.2, -0.15) is 0 Å². The van der Waals surface area contributed by atoms with Gasteiger partial charge in [0.2, 0.25) is 5.95 Å². The first-order chi connectivity index (χ1) is 9.15. The molecule has 0 fully saturated rings. The van der Waals surface area contributed by atoms with E-state index in [1.165, 1.54) is 0 Å². The van der Waals surface area contributed by atoms with Gasteiger partial charge in [0.25, 0.3) is 0 Å². The van der Waals surface area contributed by atoms with E-state index in [0.717, 1.165) is 11.3 Å². The average molecular weight is 257 g/mol. The molecule has 19 heavy (non-hydrogen) atoms. The maximum absolute atomic E-state index is 10.2. The summed E-state index contributed by atoms with van der Waals surface area (Å²) in [6, 6.07) is 11.7. The van der Waals surface area contributed by atoms with Crippen LogP contribution in [0.5, 0.6) is 0 Å². The number of aromatic nitrogens is 2. The molecule has 2 rings (SSSR count). The summed E-state index contributed by atoms with van der Waals surface area (Å²) >= 11 is 0. The molecule has 2 atom stereocenters. The van der Waals surface area contributed by atoms with Gasteiger partial charge in [0.15, 0.2) is 0 Å². The lowest BCUT2D eigenvalue weighted by Gasteiger charge is -2.20. The first-order valence-electron chi connectivity index (χ1n) is 6.43. The molecule has 0 radical (unpaired) electrons. The topological polar surface area (TPSA) is 58.0 Å². The van der Waals surface area contributed by atoms with Crippen LogP contribution < -0.4 is 5.32 Å². The summed E-state index contributed by atoms with van der Waals surface area (Å²) in [5, 5.41) is 13.3. The highest BCUT2D eigenvalue weighted by Crippen LogP contribution is 2.09. The highest BCUT2D eigenvalue weighted by Gasteiger charge is 2.15. The Labute approximate surface area is 113 Å². The zero-order valence-electron chi connectivity index (χ0n) is 11.2. The Bertz CT molecular complexity index is 516. The largest absolute Gasteiger partial charge is 0.391 e. The molecule has 0 amide bonds. The van der Waals surface area contributed by atoms with Crippen molar-refractivity contribution in [2.45, 2.75) is 32.4 Å². The van der Waals surface area contributed by atoms with Gasteiger partial charge in [-0.25, -0.2) is 9.97 Å². The number of anilines is 1. The summed E-state index contributed by atoms with van der Waals surface area (Å²) < 4.78 is 0. The number of aliphatic hydroxyl groups excluding tert-OH is 1. The zero-order valence-corrected chi connectivity index (χ0v) is 11.2. The third-order valence-electron chi connectivity index (χ3n) is 3.02. The maximum Gasteiger partial charge on any atom is 0.223 e. The van der Waals surface area contributed by atoms with Gasteiger partial charge < -0.3 is 10.4 Å². The molecule has 0 spiro atoms. The van der Waals surface area contributed by atoms with Crippen molar-refractivity contribution >= 4 is 5.95 Å². The Kier molecular flexibility index (Phi) is 4.47. The molecule has 0 aliphatic carbocycles. The fourth-order valence-electron chi connectivity index (χ4n) is 1.85. The van der Waals surface area contributed by atoms with Crippen molar-refractivity contribution in [3.05, 3.63) is 53.9 Å². The van der Waals surface area contributed by atoms with E-state index in [1.807, 2.05) is 50.2 Å². The number of rotatable bonds is 5. The molecule has 4 nitrogen and oxygen atoms in total. The van der Waals surface area contributed by atoms with Crippen LogP contribution in [0.2, 0.25) is 0 Å². The number of aryl methyl sites for hydroxylation is 1. The standard InChI is InChI=1S/C15H19N3O/c1-11-8-9-16-15(17-11)18-12(2)14(19)10-13-6-4-3-5-7-13/h3-9,12,14,19H,10H2,1-2H3,(H,16,17,18). The van der Waals surface area contributed by atoms with Crippen molar-refractivity contribution in [2.24, 2.45) is 0 Å². The lowest BCUT2D eigenvalue weighted by atomic mass is 10.0. The number of benzene rings is 1. The minimum Gasteiger partial charge on any atom is -0.391 e. The van der Waals surface area contributed by atoms with Gasteiger partial charge in [0.1, 0.15) is 0 Å². The van der Waals surface area contributed by atoms with Crippen molar-refractivity contribution in [3.63, 3.8) is 0 Å². The van der Waals surface area contributed by atoms with Crippen LogP contribution in [0.15, 0.2) is 42.6 Å². The van der Waals surface area contributed by atoms with Crippen molar-refractivity contribution in [1.82, 2.24) is 9.97 Å². The Hall–Kier alpha value is -1.94. The van der Waals surface area contributed by atoms with Crippen LogP contribution in [-0.2, 0) is 6.42 Å². The smallest absolute Gasteiger partial charge is 0.223 e. The minimum absolute atomic E-state index is 0.109. The van der Waals surface area contributed by atoms with Crippen LogP contribution in [0.3, 0.4) is 0 Å². The molecule has 2 unspecified atom stereocenters. The van der Waals surface area contributed by atoms with E-state index >= 15 is 0 Å². The van der Waals surface area contributed by atoms with Crippen LogP contribution in [0, 0.1) is 6.92 Å². The van der Waals surface area contributed by atoms with E-state index in [2.05, 4.69) is 15.3 Å². The third kappa shape index (κ3) is 4.03. The molecule has 1 aromatic heterocycles. The number of nitrogens with one attached hydrogen (secondary N) is 1. The first kappa shape index (κ1) is 13.5. The van der Waals surface area contributed by atoms with Crippen molar-refractivity contribution in [3.8, 4) is 0 Å². The normalized spacial score (nSPS) is 13.8. The first-order valence-corrected chi connectivity index (χ1v) is 6.43. The second kappa shape index (κ2) is 6.29. The minimum atomic E-state index is -0.480. The van der Waals surface area contributed by atoms with E-state index in [0.29, 0.717) is 12.4 Å². The zero-order chi connectivity index (χ0) is 13.7. The molecule has 100 valence electrons. The second-order valence-electron chi connectivity index (χ2n) is 4.71. The van der Waals surface area contributed by atoms with Gasteiger partial charge in [-0.05, 0) is 25.5 Å². The highest BCUT2D eigenvalue weighted by molar-refractivity contribution is 5.27. The summed E-state index contributed by atoms with van der Waals surface area (Å²) in [6.07, 6.45) is 1.84. The van der Waals surface area contributed by atoms with Gasteiger partial charge in [0, 0.05) is 18.3 Å². The number of hydrogen-bond donors (Lipinski definition) is 2. The molecular weight excluding hydrogens is 238 g/mol. The number of nitrogens with zero attached hydrogens (tertiary/aromatic N) is 2. The third-order valence-corrected chi connectivity index (χ3v) is 3.02. The van der Waals surface area contributed by atoms with Gasteiger partial charge in [-0.3, -0.25) is 0 Å². The van der Waals surface area contributed by atoms with Crippen LogP contribution in [0.4, 0.5) is 5.95 Å². The SMILES string of the molecule is Cc1ccnc(NC(C)C(O)Cc2ccccc2)n1. The fourth-order valence-corrected chi connectivity index (χ4v) is 1.85. The van der Waals surface area contributed by atoms with E-state index in [4.69, 9.17) is 0 Å². The molecule has 4 heteroatoms. The molecule has 0 saturated heterocycles. The molecule has 0 aliphatic heterocycles. The van der Waals surface area contributed by atoms with Crippen LogP contribution in [0.25, 0.3) is 0 Å². The Morgan fingerprint density at radius 2 is 1.95 bits per heavy atom. The monoisotopic (exact) mass is 257 g/mol. The second-order valence-corrected chi connectivity index (χ2v) is 4.71. The van der Waals surface area contributed by atoms with Crippen molar-refractivity contribution < 1.29 is 5.11 Å². The molecule has 2 N–H and O–H groups in total. The van der Waals surface area contributed by atoms with Crippen molar-refractivity contribution in [2.75, 3.05) is 5.32 Å².